The minimum absolute atomic E-state index is 0. The Bertz CT molecular complexity index is 210. The lowest BCUT2D eigenvalue weighted by Gasteiger charge is -2.00. The van der Waals surface area contributed by atoms with Crippen LogP contribution in [-0.2, 0) is 0 Å². The molecular formula is C8H15N3O. The van der Waals surface area contributed by atoms with E-state index in [1.807, 2.05) is 13.8 Å². The molecule has 0 unspecified atom stereocenters. The number of nitrogens with zero attached hydrogens (tertiary/aromatic N) is 2. The summed E-state index contributed by atoms with van der Waals surface area (Å²) in [7, 11) is 0. The zero-order valence-corrected chi connectivity index (χ0v) is 7.58. The molecule has 0 spiro atoms. The SMILES string of the molecule is CCCOc1ncc(C)cn1.N. The predicted molar refractivity (Wildman–Crippen MR) is 47.6 cm³/mol. The highest BCUT2D eigenvalue weighted by molar-refractivity contribution is 5.04. The Kier molecular flexibility index (Phi) is 4.96. The molecule has 0 saturated carbocycles. The molecule has 4 nitrogen and oxygen atoms in total. The van der Waals surface area contributed by atoms with Crippen LogP contribution in [0.25, 0.3) is 0 Å². The maximum atomic E-state index is 5.19. The Morgan fingerprint density at radius 1 is 1.33 bits per heavy atom. The minimum atomic E-state index is 0. The third kappa shape index (κ3) is 3.30. The van der Waals surface area contributed by atoms with Crippen LogP contribution in [0.2, 0.25) is 0 Å². The van der Waals surface area contributed by atoms with Gasteiger partial charge in [0.2, 0.25) is 0 Å². The molecule has 12 heavy (non-hydrogen) atoms. The molecule has 68 valence electrons. The summed E-state index contributed by atoms with van der Waals surface area (Å²) in [6.07, 6.45) is 4.48. The lowest BCUT2D eigenvalue weighted by Crippen LogP contribution is -1.99. The van der Waals surface area contributed by atoms with E-state index in [1.54, 1.807) is 12.4 Å². The summed E-state index contributed by atoms with van der Waals surface area (Å²) in [6.45, 7) is 4.68. The maximum Gasteiger partial charge on any atom is 0.316 e. The monoisotopic (exact) mass is 169 g/mol. The minimum Gasteiger partial charge on any atom is -0.463 e. The fraction of sp³-hybridized carbons (Fsp3) is 0.500. The van der Waals surface area contributed by atoms with Crippen molar-refractivity contribution >= 4 is 0 Å². The van der Waals surface area contributed by atoms with Crippen molar-refractivity contribution < 1.29 is 4.74 Å². The molecule has 0 aliphatic carbocycles. The lowest BCUT2D eigenvalue weighted by atomic mass is 10.4. The number of hydrogen-bond donors (Lipinski definition) is 1. The van der Waals surface area contributed by atoms with Gasteiger partial charge in [0, 0.05) is 12.4 Å². The van der Waals surface area contributed by atoms with Crippen molar-refractivity contribution in [1.29, 1.82) is 0 Å². The first-order valence-corrected chi connectivity index (χ1v) is 3.74. The van der Waals surface area contributed by atoms with Gasteiger partial charge in [-0.25, -0.2) is 9.97 Å². The molecule has 0 aliphatic heterocycles. The van der Waals surface area contributed by atoms with Gasteiger partial charge in [0.25, 0.3) is 0 Å². The first-order valence-electron chi connectivity index (χ1n) is 3.74. The fourth-order valence-corrected chi connectivity index (χ4v) is 0.649. The first-order chi connectivity index (χ1) is 5.33. The van der Waals surface area contributed by atoms with Crippen molar-refractivity contribution in [3.8, 4) is 6.01 Å². The summed E-state index contributed by atoms with van der Waals surface area (Å²) in [5, 5.41) is 0. The number of aromatic nitrogens is 2. The molecule has 0 fully saturated rings. The zero-order chi connectivity index (χ0) is 8.10. The normalized spacial score (nSPS) is 8.83. The maximum absolute atomic E-state index is 5.19. The molecule has 1 rings (SSSR count). The third-order valence-corrected chi connectivity index (χ3v) is 1.19. The van der Waals surface area contributed by atoms with Gasteiger partial charge in [-0.2, -0.15) is 0 Å². The summed E-state index contributed by atoms with van der Waals surface area (Å²) in [5.41, 5.74) is 1.05. The molecule has 0 aliphatic rings. The lowest BCUT2D eigenvalue weighted by molar-refractivity contribution is 0.292. The second kappa shape index (κ2) is 5.49. The van der Waals surface area contributed by atoms with Gasteiger partial charge in [0.1, 0.15) is 0 Å². The summed E-state index contributed by atoms with van der Waals surface area (Å²) in [6, 6.07) is 0.470. The van der Waals surface area contributed by atoms with E-state index in [0.29, 0.717) is 12.6 Å². The highest BCUT2D eigenvalue weighted by atomic mass is 16.5. The van der Waals surface area contributed by atoms with Crippen LogP contribution in [-0.4, -0.2) is 16.6 Å². The van der Waals surface area contributed by atoms with Gasteiger partial charge in [0.15, 0.2) is 0 Å². The van der Waals surface area contributed by atoms with Crippen LogP contribution in [0.4, 0.5) is 0 Å². The van der Waals surface area contributed by atoms with Gasteiger partial charge in [-0.3, -0.25) is 0 Å². The van der Waals surface area contributed by atoms with E-state index >= 15 is 0 Å². The van der Waals surface area contributed by atoms with Gasteiger partial charge >= 0.3 is 6.01 Å². The van der Waals surface area contributed by atoms with Gasteiger partial charge in [-0.1, -0.05) is 6.92 Å². The van der Waals surface area contributed by atoms with E-state index in [0.717, 1.165) is 12.0 Å². The summed E-state index contributed by atoms with van der Waals surface area (Å²) in [5.74, 6) is 0. The second-order valence-electron chi connectivity index (χ2n) is 2.39. The van der Waals surface area contributed by atoms with Crippen molar-refractivity contribution in [3.63, 3.8) is 0 Å². The summed E-state index contributed by atoms with van der Waals surface area (Å²) < 4.78 is 5.19. The molecule has 1 heterocycles. The Morgan fingerprint density at radius 2 is 1.92 bits per heavy atom. The second-order valence-corrected chi connectivity index (χ2v) is 2.39. The van der Waals surface area contributed by atoms with Crippen LogP contribution in [0.1, 0.15) is 18.9 Å². The molecule has 0 radical (unpaired) electrons. The van der Waals surface area contributed by atoms with Crippen molar-refractivity contribution in [1.82, 2.24) is 16.1 Å². The number of hydrogen-bond acceptors (Lipinski definition) is 4. The average molecular weight is 169 g/mol. The molecule has 3 N–H and O–H groups in total. The van der Waals surface area contributed by atoms with Gasteiger partial charge in [0.05, 0.1) is 6.61 Å². The predicted octanol–water partition coefficient (Wildman–Crippen LogP) is 1.74. The Morgan fingerprint density at radius 3 is 2.42 bits per heavy atom. The fourth-order valence-electron chi connectivity index (χ4n) is 0.649. The molecule has 0 atom stereocenters. The van der Waals surface area contributed by atoms with E-state index in [2.05, 4.69) is 9.97 Å². The Hall–Kier alpha value is -1.16. The Labute approximate surface area is 72.6 Å². The van der Waals surface area contributed by atoms with Crippen LogP contribution in [0, 0.1) is 6.92 Å². The van der Waals surface area contributed by atoms with Gasteiger partial charge in [-0.05, 0) is 18.9 Å². The highest BCUT2D eigenvalue weighted by Crippen LogP contribution is 2.00. The zero-order valence-electron chi connectivity index (χ0n) is 7.58. The van der Waals surface area contributed by atoms with Crippen LogP contribution in [0.15, 0.2) is 12.4 Å². The molecule has 0 bridgehead atoms. The molecule has 0 saturated heterocycles. The number of aryl methyl sites for hydroxylation is 1. The quantitative estimate of drug-likeness (QED) is 0.748. The van der Waals surface area contributed by atoms with E-state index < -0.39 is 0 Å². The molecule has 0 aromatic carbocycles. The molecule has 0 amide bonds. The standard InChI is InChI=1S/C8H12N2O.H3N/c1-3-4-11-8-9-5-7(2)6-10-8;/h5-6H,3-4H2,1-2H3;1H3. The Balaban J connectivity index is 0.00000121. The summed E-state index contributed by atoms with van der Waals surface area (Å²) in [4.78, 5) is 7.96. The topological polar surface area (TPSA) is 70.0 Å². The molecule has 4 heteroatoms. The van der Waals surface area contributed by atoms with Crippen LogP contribution >= 0.6 is 0 Å². The summed E-state index contributed by atoms with van der Waals surface area (Å²) >= 11 is 0. The van der Waals surface area contributed by atoms with Gasteiger partial charge in [-0.15, -0.1) is 0 Å². The number of ether oxygens (including phenoxy) is 1. The van der Waals surface area contributed by atoms with Crippen LogP contribution in [0.3, 0.4) is 0 Å². The molecule has 1 aromatic rings. The smallest absolute Gasteiger partial charge is 0.316 e. The van der Waals surface area contributed by atoms with Crippen molar-refractivity contribution in [2.75, 3.05) is 6.61 Å². The van der Waals surface area contributed by atoms with Crippen molar-refractivity contribution in [3.05, 3.63) is 18.0 Å². The largest absolute Gasteiger partial charge is 0.463 e. The molecule has 1 aromatic heterocycles. The van der Waals surface area contributed by atoms with Crippen molar-refractivity contribution in [2.24, 2.45) is 0 Å². The van der Waals surface area contributed by atoms with E-state index in [9.17, 15) is 0 Å². The van der Waals surface area contributed by atoms with Crippen molar-refractivity contribution in [2.45, 2.75) is 20.3 Å². The van der Waals surface area contributed by atoms with E-state index in [1.165, 1.54) is 0 Å². The van der Waals surface area contributed by atoms with E-state index in [-0.39, 0.29) is 6.15 Å². The number of rotatable bonds is 3. The third-order valence-electron chi connectivity index (χ3n) is 1.19. The van der Waals surface area contributed by atoms with Crippen LogP contribution < -0.4 is 10.9 Å². The van der Waals surface area contributed by atoms with Crippen LogP contribution in [0.5, 0.6) is 6.01 Å². The highest BCUT2D eigenvalue weighted by Gasteiger charge is 1.93. The van der Waals surface area contributed by atoms with Gasteiger partial charge < -0.3 is 10.9 Å². The molecular weight excluding hydrogens is 154 g/mol. The average Bonchev–Trinajstić information content (AvgIpc) is 2.04. The first kappa shape index (κ1) is 10.8. The van der Waals surface area contributed by atoms with E-state index in [4.69, 9.17) is 4.74 Å².